The third kappa shape index (κ3) is 1.88. The van der Waals surface area contributed by atoms with Crippen LogP contribution in [0.3, 0.4) is 0 Å². The average molecular weight is 291 g/mol. The van der Waals surface area contributed by atoms with Crippen LogP contribution in [0.5, 0.6) is 0 Å². The van der Waals surface area contributed by atoms with Crippen LogP contribution in [0.25, 0.3) is 11.2 Å². The summed E-state index contributed by atoms with van der Waals surface area (Å²) in [5.74, 6) is 0.664. The third-order valence-electron chi connectivity index (χ3n) is 2.56. The SMILES string of the molecule is Clc1nc(N2CCC2)c2nc(Cl)c(Cl)nc2n1. The minimum atomic E-state index is 0.114. The van der Waals surface area contributed by atoms with Gasteiger partial charge in [-0.25, -0.2) is 9.97 Å². The minimum absolute atomic E-state index is 0.114. The van der Waals surface area contributed by atoms with Gasteiger partial charge >= 0.3 is 0 Å². The lowest BCUT2D eigenvalue weighted by molar-refractivity contribution is 0.611. The van der Waals surface area contributed by atoms with Crippen molar-refractivity contribution in [2.75, 3.05) is 18.0 Å². The van der Waals surface area contributed by atoms with Crippen molar-refractivity contribution in [3.8, 4) is 0 Å². The Morgan fingerprint density at radius 3 is 2.24 bits per heavy atom. The number of nitrogens with zero attached hydrogens (tertiary/aromatic N) is 5. The van der Waals surface area contributed by atoms with Crippen molar-refractivity contribution in [2.45, 2.75) is 6.42 Å². The van der Waals surface area contributed by atoms with Crippen LogP contribution in [0.2, 0.25) is 15.6 Å². The first kappa shape index (κ1) is 11.2. The molecule has 1 fully saturated rings. The van der Waals surface area contributed by atoms with Gasteiger partial charge in [-0.15, -0.1) is 0 Å². The first-order valence-electron chi connectivity index (χ1n) is 4.96. The summed E-state index contributed by atoms with van der Waals surface area (Å²) in [6, 6.07) is 0. The molecule has 17 heavy (non-hydrogen) atoms. The molecule has 0 unspecified atom stereocenters. The summed E-state index contributed by atoms with van der Waals surface area (Å²) in [6.07, 6.45) is 1.12. The first-order chi connectivity index (χ1) is 8.15. The van der Waals surface area contributed by atoms with Crippen molar-refractivity contribution in [3.63, 3.8) is 0 Å². The topological polar surface area (TPSA) is 54.8 Å². The van der Waals surface area contributed by atoms with Gasteiger partial charge in [0, 0.05) is 13.1 Å². The molecule has 1 saturated heterocycles. The highest BCUT2D eigenvalue weighted by Crippen LogP contribution is 2.29. The molecule has 1 aliphatic heterocycles. The number of anilines is 1. The molecule has 0 spiro atoms. The Bertz CT molecular complexity index is 599. The first-order valence-corrected chi connectivity index (χ1v) is 6.10. The number of rotatable bonds is 1. The normalized spacial score (nSPS) is 15.1. The summed E-state index contributed by atoms with van der Waals surface area (Å²) in [4.78, 5) is 18.4. The summed E-state index contributed by atoms with van der Waals surface area (Å²) in [7, 11) is 0. The molecule has 2 aromatic rings. The standard InChI is InChI=1S/C9H6Cl3N5/c10-5-6(11)14-7-4(13-5)8(16-9(12)15-7)17-2-1-3-17/h1-3H2. The number of hydrogen-bond acceptors (Lipinski definition) is 5. The van der Waals surface area contributed by atoms with Gasteiger partial charge in [-0.2, -0.15) is 9.97 Å². The molecule has 1 aliphatic rings. The number of halogens is 3. The largest absolute Gasteiger partial charge is 0.354 e. The Hall–Kier alpha value is -0.910. The van der Waals surface area contributed by atoms with Gasteiger partial charge in [-0.05, 0) is 18.0 Å². The molecule has 88 valence electrons. The molecule has 0 N–H and O–H groups in total. The fourth-order valence-corrected chi connectivity index (χ4v) is 2.02. The van der Waals surface area contributed by atoms with E-state index >= 15 is 0 Å². The van der Waals surface area contributed by atoms with E-state index in [2.05, 4.69) is 24.8 Å². The number of hydrogen-bond donors (Lipinski definition) is 0. The van der Waals surface area contributed by atoms with Crippen molar-refractivity contribution in [1.29, 1.82) is 0 Å². The smallest absolute Gasteiger partial charge is 0.226 e. The number of fused-ring (bicyclic) bond motifs is 1. The van der Waals surface area contributed by atoms with Crippen LogP contribution in [0.15, 0.2) is 0 Å². The molecule has 0 amide bonds. The summed E-state index contributed by atoms with van der Waals surface area (Å²) in [5.41, 5.74) is 0.893. The average Bonchev–Trinajstić information content (AvgIpc) is 2.18. The van der Waals surface area contributed by atoms with Crippen molar-refractivity contribution in [2.24, 2.45) is 0 Å². The van der Waals surface area contributed by atoms with Crippen LogP contribution in [-0.4, -0.2) is 33.0 Å². The van der Waals surface area contributed by atoms with Crippen LogP contribution in [-0.2, 0) is 0 Å². The van der Waals surface area contributed by atoms with Crippen molar-refractivity contribution in [1.82, 2.24) is 19.9 Å². The molecular formula is C9H6Cl3N5. The van der Waals surface area contributed by atoms with E-state index in [0.29, 0.717) is 17.0 Å². The molecule has 0 saturated carbocycles. The van der Waals surface area contributed by atoms with Gasteiger partial charge in [0.05, 0.1) is 0 Å². The van der Waals surface area contributed by atoms with Crippen LogP contribution in [0, 0.1) is 0 Å². The quantitative estimate of drug-likeness (QED) is 0.756. The Morgan fingerprint density at radius 1 is 0.882 bits per heavy atom. The molecule has 0 radical (unpaired) electrons. The zero-order chi connectivity index (χ0) is 12.0. The van der Waals surface area contributed by atoms with Crippen molar-refractivity contribution in [3.05, 3.63) is 15.6 Å². The molecule has 3 rings (SSSR count). The molecule has 5 nitrogen and oxygen atoms in total. The molecule has 8 heteroatoms. The van der Waals surface area contributed by atoms with Crippen LogP contribution >= 0.6 is 34.8 Å². The zero-order valence-electron chi connectivity index (χ0n) is 8.49. The molecule has 0 bridgehead atoms. The Labute approximate surface area is 112 Å². The van der Waals surface area contributed by atoms with Crippen LogP contribution < -0.4 is 4.90 Å². The fourth-order valence-electron chi connectivity index (χ4n) is 1.62. The highest BCUT2D eigenvalue weighted by molar-refractivity contribution is 6.40. The van der Waals surface area contributed by atoms with E-state index in [1.54, 1.807) is 0 Å². The number of aromatic nitrogens is 4. The summed E-state index contributed by atoms with van der Waals surface area (Å²) >= 11 is 17.5. The van der Waals surface area contributed by atoms with Gasteiger partial charge in [0.15, 0.2) is 27.3 Å². The molecule has 3 heterocycles. The third-order valence-corrected chi connectivity index (χ3v) is 3.35. The summed E-state index contributed by atoms with van der Waals surface area (Å²) in [6.45, 7) is 1.84. The molecule has 2 aromatic heterocycles. The predicted molar refractivity (Wildman–Crippen MR) is 67.0 cm³/mol. The summed E-state index contributed by atoms with van der Waals surface area (Å²) in [5, 5.41) is 0.391. The van der Waals surface area contributed by atoms with Crippen LogP contribution in [0.1, 0.15) is 6.42 Å². The van der Waals surface area contributed by atoms with E-state index in [1.807, 2.05) is 0 Å². The van der Waals surface area contributed by atoms with E-state index in [0.717, 1.165) is 19.5 Å². The van der Waals surface area contributed by atoms with E-state index < -0.39 is 0 Å². The maximum Gasteiger partial charge on any atom is 0.226 e. The highest BCUT2D eigenvalue weighted by Gasteiger charge is 2.22. The van der Waals surface area contributed by atoms with Gasteiger partial charge in [-0.1, -0.05) is 23.2 Å². The lowest BCUT2D eigenvalue weighted by Gasteiger charge is -2.32. The molecule has 0 aromatic carbocycles. The lowest BCUT2D eigenvalue weighted by Crippen LogP contribution is -2.38. The van der Waals surface area contributed by atoms with Gasteiger partial charge in [0.1, 0.15) is 0 Å². The van der Waals surface area contributed by atoms with Gasteiger partial charge < -0.3 is 4.90 Å². The minimum Gasteiger partial charge on any atom is -0.354 e. The zero-order valence-corrected chi connectivity index (χ0v) is 10.8. The fraction of sp³-hybridized carbons (Fsp3) is 0.333. The lowest BCUT2D eigenvalue weighted by atomic mass is 10.2. The second-order valence-corrected chi connectivity index (χ2v) is 4.69. The molecule has 0 aliphatic carbocycles. The van der Waals surface area contributed by atoms with Gasteiger partial charge in [0.2, 0.25) is 5.28 Å². The van der Waals surface area contributed by atoms with Gasteiger partial charge in [-0.3, -0.25) is 0 Å². The van der Waals surface area contributed by atoms with E-state index in [4.69, 9.17) is 34.8 Å². The highest BCUT2D eigenvalue weighted by atomic mass is 35.5. The van der Waals surface area contributed by atoms with E-state index in [9.17, 15) is 0 Å². The predicted octanol–water partition coefficient (Wildman–Crippen LogP) is 2.59. The van der Waals surface area contributed by atoms with Crippen LogP contribution in [0.4, 0.5) is 5.82 Å². The van der Waals surface area contributed by atoms with Gasteiger partial charge in [0.25, 0.3) is 0 Å². The maximum absolute atomic E-state index is 5.85. The van der Waals surface area contributed by atoms with E-state index in [-0.39, 0.29) is 15.6 Å². The second-order valence-electron chi connectivity index (χ2n) is 3.63. The maximum atomic E-state index is 5.85. The summed E-state index contributed by atoms with van der Waals surface area (Å²) < 4.78 is 0. The second kappa shape index (κ2) is 4.08. The monoisotopic (exact) mass is 289 g/mol. The Kier molecular flexibility index (Phi) is 2.69. The van der Waals surface area contributed by atoms with Crippen molar-refractivity contribution < 1.29 is 0 Å². The molecule has 0 atom stereocenters. The molecular weight excluding hydrogens is 284 g/mol. The Balaban J connectivity index is 2.28. The Morgan fingerprint density at radius 2 is 1.59 bits per heavy atom. The van der Waals surface area contributed by atoms with E-state index in [1.165, 1.54) is 0 Å². The van der Waals surface area contributed by atoms with Crippen molar-refractivity contribution >= 4 is 51.8 Å².